The molecule has 1 saturated heterocycles. The molecule has 4 aromatic rings. The molecule has 2 fully saturated rings. The number of piperidine rings is 1. The Hall–Kier alpha value is -4.84. The lowest BCUT2D eigenvalue weighted by atomic mass is 9.61. The number of benzene rings is 2. The Morgan fingerprint density at radius 2 is 1.72 bits per heavy atom. The largest absolute Gasteiger partial charge is 0.506 e. The van der Waals surface area contributed by atoms with Gasteiger partial charge >= 0.3 is 5.97 Å². The van der Waals surface area contributed by atoms with E-state index in [1.54, 1.807) is 23.1 Å². The van der Waals surface area contributed by atoms with Crippen LogP contribution >= 0.6 is 22.7 Å². The zero-order valence-corrected chi connectivity index (χ0v) is 35.3. The third kappa shape index (κ3) is 10.2. The number of unbranched alkanes of at least 4 members (excludes halogenated alkanes) is 1. The van der Waals surface area contributed by atoms with Gasteiger partial charge in [-0.3, -0.25) is 14.4 Å². The lowest BCUT2D eigenvalue weighted by Gasteiger charge is -2.51. The number of fused-ring (bicyclic) bond motifs is 1. The van der Waals surface area contributed by atoms with Crippen molar-refractivity contribution in [1.82, 2.24) is 15.1 Å². The van der Waals surface area contributed by atoms with Crippen molar-refractivity contribution in [3.05, 3.63) is 92.3 Å². The van der Waals surface area contributed by atoms with Crippen LogP contribution in [-0.4, -0.2) is 101 Å². The van der Waals surface area contributed by atoms with Gasteiger partial charge in [-0.15, -0.1) is 22.7 Å². The molecule has 1 atom stereocenters. The predicted molar refractivity (Wildman–Crippen MR) is 229 cm³/mol. The van der Waals surface area contributed by atoms with Crippen molar-refractivity contribution >= 4 is 57.7 Å². The Balaban J connectivity index is 0.736. The van der Waals surface area contributed by atoms with E-state index >= 15 is 0 Å². The molecule has 16 heteroatoms. The molecule has 320 valence electrons. The van der Waals surface area contributed by atoms with Crippen LogP contribution in [0.15, 0.2) is 71.4 Å². The van der Waals surface area contributed by atoms with Crippen LogP contribution in [0, 0.1) is 5.41 Å². The summed E-state index contributed by atoms with van der Waals surface area (Å²) in [6, 6.07) is 17.6. The third-order valence-electron chi connectivity index (χ3n) is 11.8. The molecule has 2 aliphatic heterocycles. The molecule has 1 unspecified atom stereocenters. The summed E-state index contributed by atoms with van der Waals surface area (Å²) in [4.78, 5) is 55.7. The van der Waals surface area contributed by atoms with E-state index in [2.05, 4.69) is 20.9 Å². The second kappa shape index (κ2) is 19.3. The van der Waals surface area contributed by atoms with Crippen molar-refractivity contribution in [2.45, 2.75) is 75.7 Å². The molecule has 1 aliphatic carbocycles. The average Bonchev–Trinajstić information content (AvgIpc) is 3.99. The lowest BCUT2D eigenvalue weighted by Crippen LogP contribution is -2.52. The van der Waals surface area contributed by atoms with Crippen LogP contribution in [0.1, 0.15) is 78.4 Å². The quantitative estimate of drug-likeness (QED) is 0.0430. The SMILES string of the molecule is CN(CCCCC(=O)Nc1ccc(CNCC(O)c2ccc(O)c3c2OCC(=O)N3)cc1)C(=O)CCN1CCC2(CC1)CC(OC(=O)C(O)(c1cccs1)c1cccs1)C2. The summed E-state index contributed by atoms with van der Waals surface area (Å²) in [6.07, 6.45) is 4.58. The number of rotatable bonds is 18. The van der Waals surface area contributed by atoms with Crippen LogP contribution in [-0.2, 0) is 36.1 Å². The van der Waals surface area contributed by atoms with E-state index in [1.165, 1.54) is 28.7 Å². The minimum absolute atomic E-state index is 0.0895. The maximum absolute atomic E-state index is 13.3. The number of hydrogen-bond donors (Lipinski definition) is 6. The summed E-state index contributed by atoms with van der Waals surface area (Å²) in [7, 11) is 1.81. The Morgan fingerprint density at radius 1 is 1.02 bits per heavy atom. The number of carbonyl (C=O) groups excluding carboxylic acids is 4. The second-order valence-electron chi connectivity index (χ2n) is 16.1. The van der Waals surface area contributed by atoms with E-state index in [1.807, 2.05) is 54.2 Å². The highest BCUT2D eigenvalue weighted by Gasteiger charge is 2.51. The number of aliphatic hydroxyl groups is 2. The molecule has 0 radical (unpaired) electrons. The van der Waals surface area contributed by atoms with E-state index in [9.17, 15) is 34.5 Å². The Bertz CT molecular complexity index is 2060. The van der Waals surface area contributed by atoms with Crippen LogP contribution in [0.3, 0.4) is 0 Å². The molecule has 3 aliphatic rings. The first-order chi connectivity index (χ1) is 28.9. The fourth-order valence-corrected chi connectivity index (χ4v) is 9.93. The fraction of sp³-hybridized carbons (Fsp3) is 0.455. The fourth-order valence-electron chi connectivity index (χ4n) is 8.21. The van der Waals surface area contributed by atoms with Crippen molar-refractivity contribution in [2.75, 3.05) is 57.0 Å². The normalized spacial score (nSPS) is 16.9. The van der Waals surface area contributed by atoms with Crippen molar-refractivity contribution in [1.29, 1.82) is 0 Å². The second-order valence-corrected chi connectivity index (χ2v) is 18.0. The first-order valence-corrected chi connectivity index (χ1v) is 22.2. The highest BCUT2D eigenvalue weighted by Crippen LogP contribution is 2.51. The maximum Gasteiger partial charge on any atom is 0.349 e. The number of amides is 3. The number of nitrogens with one attached hydrogen (secondary N) is 3. The van der Waals surface area contributed by atoms with Gasteiger partial charge in [0.15, 0.2) is 12.4 Å². The van der Waals surface area contributed by atoms with Gasteiger partial charge in [-0.25, -0.2) is 4.79 Å². The summed E-state index contributed by atoms with van der Waals surface area (Å²) >= 11 is 2.68. The summed E-state index contributed by atoms with van der Waals surface area (Å²) in [5.74, 6) is -0.861. The van der Waals surface area contributed by atoms with E-state index in [0.717, 1.165) is 50.8 Å². The van der Waals surface area contributed by atoms with Crippen LogP contribution in [0.25, 0.3) is 0 Å². The summed E-state index contributed by atoms with van der Waals surface area (Å²) in [5.41, 5.74) is 0.605. The molecule has 1 saturated carbocycles. The Kier molecular flexibility index (Phi) is 13.9. The first-order valence-electron chi connectivity index (χ1n) is 20.5. The minimum Gasteiger partial charge on any atom is -0.506 e. The van der Waals surface area contributed by atoms with Gasteiger partial charge in [-0.1, -0.05) is 24.3 Å². The molecule has 4 heterocycles. The van der Waals surface area contributed by atoms with Crippen molar-refractivity contribution in [2.24, 2.45) is 5.41 Å². The van der Waals surface area contributed by atoms with Gasteiger partial charge in [-0.2, -0.15) is 0 Å². The number of ether oxygens (including phenoxy) is 2. The van der Waals surface area contributed by atoms with Crippen LogP contribution < -0.4 is 20.7 Å². The molecular weight excluding hydrogens is 807 g/mol. The van der Waals surface area contributed by atoms with E-state index in [4.69, 9.17) is 9.47 Å². The molecule has 14 nitrogen and oxygen atoms in total. The smallest absolute Gasteiger partial charge is 0.349 e. The minimum atomic E-state index is -1.79. The molecule has 2 aromatic heterocycles. The van der Waals surface area contributed by atoms with Crippen LogP contribution in [0.2, 0.25) is 0 Å². The topological polar surface area (TPSA) is 190 Å². The Morgan fingerprint density at radius 3 is 2.38 bits per heavy atom. The molecular formula is C44H53N5O9S2. The number of phenols is 1. The number of aromatic hydroxyl groups is 1. The summed E-state index contributed by atoms with van der Waals surface area (Å²) in [5, 5.41) is 44.7. The monoisotopic (exact) mass is 859 g/mol. The van der Waals surface area contributed by atoms with Gasteiger partial charge < -0.3 is 50.5 Å². The molecule has 6 N–H and O–H groups in total. The zero-order chi connectivity index (χ0) is 42.3. The first kappa shape index (κ1) is 43.3. The van der Waals surface area contributed by atoms with Crippen molar-refractivity contribution in [3.63, 3.8) is 0 Å². The number of esters is 1. The number of aliphatic hydroxyl groups excluding tert-OH is 1. The highest BCUT2D eigenvalue weighted by atomic mass is 32.1. The van der Waals surface area contributed by atoms with Crippen molar-refractivity contribution < 1.29 is 44.0 Å². The number of nitrogens with zero attached hydrogens (tertiary/aromatic N) is 2. The highest BCUT2D eigenvalue weighted by molar-refractivity contribution is 7.12. The maximum atomic E-state index is 13.3. The number of phenolic OH excluding ortho intramolecular Hbond substituents is 1. The third-order valence-corrected chi connectivity index (χ3v) is 13.8. The molecule has 1 spiro atoms. The Labute approximate surface area is 357 Å². The molecule has 0 bridgehead atoms. The van der Waals surface area contributed by atoms with Gasteiger partial charge in [0, 0.05) is 57.3 Å². The molecule has 3 amide bonds. The standard InChI is InChI=1S/C44H53N5O9S2/c1-48(39(54)15-19-49-20-16-43(17-21-49)24-31(25-43)58-42(55)44(56,35-6-4-22-59-35)36-7-5-23-60-36)18-3-2-8-37(52)46-30-11-9-29(10-12-30)26-45-27-34(51)32-13-14-33(50)40-41(32)57-28-38(53)47-40/h4-7,9-14,22-23,31,34,45,50-51,56H,2-3,8,15-21,24-28H2,1H3,(H,46,52)(H,47,53). The summed E-state index contributed by atoms with van der Waals surface area (Å²) in [6.45, 7) is 3.56. The number of likely N-dealkylation sites (tertiary alicyclic amines) is 1. The predicted octanol–water partition coefficient (Wildman–Crippen LogP) is 5.35. The average molecular weight is 860 g/mol. The van der Waals surface area contributed by atoms with Gasteiger partial charge in [0.1, 0.15) is 17.5 Å². The van der Waals surface area contributed by atoms with Gasteiger partial charge in [0.2, 0.25) is 17.4 Å². The number of anilines is 2. The van der Waals surface area contributed by atoms with E-state index < -0.39 is 17.7 Å². The van der Waals surface area contributed by atoms with E-state index in [0.29, 0.717) is 59.9 Å². The van der Waals surface area contributed by atoms with E-state index in [-0.39, 0.29) is 59.6 Å². The molecule has 7 rings (SSSR count). The van der Waals surface area contributed by atoms with Gasteiger partial charge in [-0.05, 0) is 110 Å². The van der Waals surface area contributed by atoms with Crippen LogP contribution in [0.4, 0.5) is 11.4 Å². The number of hydrogen-bond acceptors (Lipinski definition) is 13. The van der Waals surface area contributed by atoms with Crippen LogP contribution in [0.5, 0.6) is 11.5 Å². The molecule has 2 aromatic carbocycles. The summed E-state index contributed by atoms with van der Waals surface area (Å²) < 4.78 is 11.4. The lowest BCUT2D eigenvalue weighted by molar-refractivity contribution is -0.181. The zero-order valence-electron chi connectivity index (χ0n) is 33.7. The van der Waals surface area contributed by atoms with Gasteiger partial charge in [0.05, 0.1) is 15.9 Å². The van der Waals surface area contributed by atoms with Gasteiger partial charge in [0.25, 0.3) is 5.91 Å². The number of carbonyl (C=O) groups is 4. The van der Waals surface area contributed by atoms with Crippen molar-refractivity contribution in [3.8, 4) is 11.5 Å². The number of thiophene rings is 2. The molecule has 60 heavy (non-hydrogen) atoms.